The SMILES string of the molecule is CC(C)(C)[Si](C)(C)O[C@H]1[C@H]2OP(=O)(O)OC[C@@H]3C[C@@H](OP(=O)(O)OC[C@H]1O[C@H]2n1cnc2c(=O)[nH]c(N)nc21)[C@H](n1cnc2c(N)ncnc21)O3.CN.CN.Nc1nc2c(ncn2[C@@H]2O[C@@H]3COP(=O)(O)O[C@@H]4C[C@@H](COP(=O)(O)O[C@@H]2[C@@H]3O)O[C@H]4n2cnc3c(N)ncnc32)c(=O)[nH]1. The predicted molar refractivity (Wildman–Crippen MR) is 340 cm³/mol. The zero-order valence-corrected chi connectivity index (χ0v) is 57.9. The molecule has 46 nitrogen and oxygen atoms in total. The van der Waals surface area contributed by atoms with Crippen molar-refractivity contribution in [3.8, 4) is 0 Å². The molecule has 542 valence electrons. The maximum Gasteiger partial charge on any atom is 0.472 e. The van der Waals surface area contributed by atoms with Gasteiger partial charge in [-0.1, -0.05) is 20.8 Å². The van der Waals surface area contributed by atoms with E-state index >= 15 is 0 Å². The van der Waals surface area contributed by atoms with Gasteiger partial charge in [0.15, 0.2) is 78.5 Å². The van der Waals surface area contributed by atoms with Crippen LogP contribution in [-0.4, -0.2) is 213 Å². The fourth-order valence-corrected chi connectivity index (χ4v) is 16.3. The monoisotopic (exact) mass is 1490 g/mol. The number of hydrogen-bond acceptors (Lipinski definition) is 36. The lowest BCUT2D eigenvalue weighted by molar-refractivity contribution is -0.0673. The number of rotatable bonds is 6. The number of aliphatic hydroxyl groups excluding tert-OH is 1. The average Bonchev–Trinajstić information content (AvgIpc) is 1.62. The zero-order valence-electron chi connectivity index (χ0n) is 53.3. The van der Waals surface area contributed by atoms with Gasteiger partial charge in [-0.25, -0.2) is 58.1 Å². The molecule has 19 N–H and O–H groups in total. The Bertz CT molecular complexity index is 4600. The van der Waals surface area contributed by atoms with Gasteiger partial charge in [-0.2, -0.15) is 9.97 Å². The van der Waals surface area contributed by atoms with E-state index in [-0.39, 0.29) is 86.1 Å². The number of nitrogens with two attached hydrogens (primary N) is 6. The summed E-state index contributed by atoms with van der Waals surface area (Å²) in [5.74, 6) is -0.307. The first-order valence-corrected chi connectivity index (χ1v) is 38.7. The van der Waals surface area contributed by atoms with Crippen molar-refractivity contribution in [1.29, 1.82) is 0 Å². The zero-order chi connectivity index (χ0) is 71.6. The number of nitrogens with zero attached hydrogens (tertiary/aromatic N) is 14. The van der Waals surface area contributed by atoms with Gasteiger partial charge in [-0.05, 0) is 32.2 Å². The number of nitrogen functional groups attached to an aromatic ring is 4. The topological polar surface area (TPSA) is 660 Å². The van der Waals surface area contributed by atoms with E-state index in [0.717, 1.165) is 10.9 Å². The second-order valence-corrected chi connectivity index (χ2v) is 34.3. The first-order chi connectivity index (χ1) is 46.7. The molecule has 99 heavy (non-hydrogen) atoms. The molecule has 0 aromatic carbocycles. The highest BCUT2D eigenvalue weighted by Crippen LogP contribution is 2.57. The average molecular weight is 1490 g/mol. The number of anilines is 4. The number of nitrogens with one attached hydrogen (secondary N) is 2. The molecule has 6 aliphatic rings. The molecule has 4 unspecified atom stereocenters. The highest BCUT2D eigenvalue weighted by Gasteiger charge is 2.57. The molecule has 14 heterocycles. The molecule has 18 atom stereocenters. The van der Waals surface area contributed by atoms with Crippen LogP contribution in [0.3, 0.4) is 0 Å². The summed E-state index contributed by atoms with van der Waals surface area (Å²) in [6.45, 7) is 7.39. The molecule has 14 rings (SSSR count). The summed E-state index contributed by atoms with van der Waals surface area (Å²) in [4.78, 5) is 114. The minimum Gasteiger partial charge on any atom is -0.408 e. The van der Waals surface area contributed by atoms with Crippen molar-refractivity contribution in [3.63, 3.8) is 0 Å². The third-order valence-corrected chi connectivity index (χ3v) is 25.1. The molecule has 6 fully saturated rings. The van der Waals surface area contributed by atoms with Crippen LogP contribution < -0.4 is 45.5 Å². The number of phosphoric acid groups is 4. The van der Waals surface area contributed by atoms with Crippen molar-refractivity contribution >= 4 is 108 Å². The van der Waals surface area contributed by atoms with E-state index in [2.05, 4.69) is 71.3 Å². The Labute approximate surface area is 557 Å². The lowest BCUT2D eigenvalue weighted by atomic mass is 10.1. The van der Waals surface area contributed by atoms with Crippen LogP contribution >= 0.6 is 31.3 Å². The van der Waals surface area contributed by atoms with Gasteiger partial charge < -0.3 is 82.5 Å². The Morgan fingerprint density at radius 2 is 0.879 bits per heavy atom. The Kier molecular flexibility index (Phi) is 21.0. The van der Waals surface area contributed by atoms with Crippen LogP contribution in [0.4, 0.5) is 23.5 Å². The smallest absolute Gasteiger partial charge is 0.408 e. The van der Waals surface area contributed by atoms with Crippen molar-refractivity contribution in [1.82, 2.24) is 78.1 Å². The minimum atomic E-state index is -4.97. The normalized spacial score (nSPS) is 33.8. The summed E-state index contributed by atoms with van der Waals surface area (Å²) >= 11 is 0. The van der Waals surface area contributed by atoms with Gasteiger partial charge in [0.05, 0.1) is 63.9 Å². The quantitative estimate of drug-likeness (QED) is 0.0741. The van der Waals surface area contributed by atoms with Crippen molar-refractivity contribution in [2.45, 2.75) is 138 Å². The van der Waals surface area contributed by atoms with Crippen LogP contribution in [0, 0.1) is 0 Å². The van der Waals surface area contributed by atoms with Crippen LogP contribution in [0.1, 0.15) is 58.5 Å². The third kappa shape index (κ3) is 15.2. The number of fused-ring (bicyclic) bond motifs is 12. The van der Waals surface area contributed by atoms with E-state index in [9.17, 15) is 52.5 Å². The van der Waals surface area contributed by atoms with Crippen molar-refractivity contribution in [3.05, 3.63) is 58.7 Å². The van der Waals surface area contributed by atoms with Crippen molar-refractivity contribution in [2.24, 2.45) is 11.5 Å². The molecule has 0 amide bonds. The van der Waals surface area contributed by atoms with Gasteiger partial charge in [0.25, 0.3) is 11.1 Å². The second kappa shape index (κ2) is 28.3. The van der Waals surface area contributed by atoms with Gasteiger partial charge in [0, 0.05) is 12.8 Å². The lowest BCUT2D eigenvalue weighted by Crippen LogP contribution is -2.50. The van der Waals surface area contributed by atoms with Crippen LogP contribution in [0.2, 0.25) is 18.1 Å². The molecule has 8 aromatic heterocycles. The van der Waals surface area contributed by atoms with E-state index in [1.165, 1.54) is 59.4 Å². The predicted octanol–water partition coefficient (Wildman–Crippen LogP) is -0.445. The Morgan fingerprint density at radius 3 is 1.32 bits per heavy atom. The molecule has 0 radical (unpaired) electrons. The summed E-state index contributed by atoms with van der Waals surface area (Å²) in [5.41, 5.74) is 31.6. The van der Waals surface area contributed by atoms with Crippen LogP contribution in [0.5, 0.6) is 0 Å². The summed E-state index contributed by atoms with van der Waals surface area (Å²) in [6.07, 6.45) is -10.7. The number of ether oxygens (including phenoxy) is 4. The minimum absolute atomic E-state index is 0.0268. The molecule has 6 aliphatic heterocycles. The van der Waals surface area contributed by atoms with Crippen LogP contribution in [0.15, 0.2) is 47.6 Å². The summed E-state index contributed by atoms with van der Waals surface area (Å²) in [7, 11) is -19.4. The first-order valence-electron chi connectivity index (χ1n) is 29.8. The van der Waals surface area contributed by atoms with Crippen LogP contribution in [-0.2, 0) is 77.8 Å². The number of hydrogen-bond donors (Lipinski definition) is 13. The van der Waals surface area contributed by atoms with E-state index in [1.54, 1.807) is 0 Å². The standard InChI is InChI=1S/C26H38N10O12P2Si.C20H24N10O12P2.2CH5N/c1-26(2,3)51(4,5)48-17-14-8-43-49(38,39)46-13-6-12(44-23(13)35-10-31-15-19(27)29-9-30-20(15)35)7-42-50(40,41)47-18(17)24(45-14)36-11-32-16-21(36)33-25(28)34-22(16)37;21-14-10-15(24-4-23-14)29(5-25-10)18-8-1-7(39-18)2-37-44(35,36)42-13-12(31)9(3-38-43(33,34)41-8)40-19(13)30-6-26-11-16(30)27-20(22)28-17(11)32;2*1-2/h9-14,17-18,23-24H,6-8H2,1-5H3,(H,38,39)(H,40,41)(H2,27,29,30)(H3,28,33,34,37);4-9,12-13,18-19,31H,1-3H2,(H,33,34)(H,35,36)(H2,21,23,24)(H3,22,27,28,32);2*2H2,1H3/t12-,13+,14+,17+,18+,23+,24+;7-,8+,9+,12+,13+,18+,19+;;/m00../s1. The van der Waals surface area contributed by atoms with Crippen molar-refractivity contribution < 1.29 is 103 Å². The third-order valence-electron chi connectivity index (χ3n) is 16.6. The maximum atomic E-state index is 13.8. The number of imidazole rings is 4. The lowest BCUT2D eigenvalue weighted by Gasteiger charge is -2.40. The molecule has 0 spiro atoms. The molecule has 6 saturated heterocycles. The van der Waals surface area contributed by atoms with Gasteiger partial charge in [-0.3, -0.25) is 74.0 Å². The van der Waals surface area contributed by atoms with E-state index < -0.39 is 163 Å². The molecular formula is C48H72N22O24P4Si. The number of H-pyrrole nitrogens is 2. The fraction of sp³-hybridized carbons (Fsp3) is 0.583. The first kappa shape index (κ1) is 73.6. The van der Waals surface area contributed by atoms with Gasteiger partial charge in [-0.15, -0.1) is 0 Å². The Morgan fingerprint density at radius 1 is 0.505 bits per heavy atom. The van der Waals surface area contributed by atoms with E-state index in [1.807, 2.05) is 33.9 Å². The number of aromatic amines is 2. The molecular weight excluding hydrogens is 1420 g/mol. The largest absolute Gasteiger partial charge is 0.472 e. The van der Waals surface area contributed by atoms with E-state index in [4.69, 9.17) is 82.5 Å². The molecule has 51 heteroatoms. The molecule has 0 saturated carbocycles. The Balaban J connectivity index is 0.000000192. The van der Waals surface area contributed by atoms with E-state index in [0.29, 0.717) is 0 Å². The molecule has 8 aromatic rings. The van der Waals surface area contributed by atoms with Crippen molar-refractivity contribution in [2.75, 3.05) is 63.5 Å². The summed E-state index contributed by atoms with van der Waals surface area (Å²) in [5, 5.41) is 10.7. The summed E-state index contributed by atoms with van der Waals surface area (Å²) < 4.78 is 134. The number of aliphatic hydroxyl groups is 1. The summed E-state index contributed by atoms with van der Waals surface area (Å²) in [6, 6.07) is 0. The van der Waals surface area contributed by atoms with Gasteiger partial charge in [0.2, 0.25) is 11.9 Å². The number of aromatic nitrogens is 16. The van der Waals surface area contributed by atoms with Gasteiger partial charge in [0.1, 0.15) is 72.5 Å². The highest BCUT2D eigenvalue weighted by molar-refractivity contribution is 7.48. The highest BCUT2D eigenvalue weighted by atomic mass is 31.2. The maximum absolute atomic E-state index is 13.8. The Hall–Kier alpha value is -6.66. The second-order valence-electron chi connectivity index (χ2n) is 23.9. The van der Waals surface area contributed by atoms with Crippen LogP contribution in [0.25, 0.3) is 44.7 Å². The molecule has 8 bridgehead atoms. The molecule has 0 aliphatic carbocycles. The van der Waals surface area contributed by atoms with Gasteiger partial charge >= 0.3 is 31.3 Å². The number of phosphoric ester groups is 4. The fourth-order valence-electron chi connectivity index (χ4n) is 11.2.